The molecule has 10 heteroatoms. The van der Waals surface area contributed by atoms with Crippen molar-refractivity contribution in [1.82, 2.24) is 15.5 Å². The van der Waals surface area contributed by atoms with Gasteiger partial charge in [-0.1, -0.05) is 22.4 Å². The van der Waals surface area contributed by atoms with E-state index in [4.69, 9.17) is 9.36 Å². The number of nitrogens with zero attached hydrogens (tertiary/aromatic N) is 3. The summed E-state index contributed by atoms with van der Waals surface area (Å²) in [4.78, 5) is 9.56. The first-order chi connectivity index (χ1) is 15.5. The number of aromatic hydroxyl groups is 2. The van der Waals surface area contributed by atoms with E-state index in [1.807, 2.05) is 0 Å². The molecule has 3 N–H and O–H groups in total. The molecule has 0 radical (unpaired) electrons. The van der Waals surface area contributed by atoms with E-state index >= 15 is 0 Å². The summed E-state index contributed by atoms with van der Waals surface area (Å²) in [6.07, 6.45) is -0.642. The van der Waals surface area contributed by atoms with Crippen molar-refractivity contribution < 1.29 is 28.4 Å². The number of hydrogen-bond donors (Lipinski definition) is 3. The molecule has 0 spiro atoms. The molecule has 0 saturated carbocycles. The molecule has 0 bridgehead atoms. The Hall–Kier alpha value is -4.47. The van der Waals surface area contributed by atoms with E-state index in [-0.39, 0.29) is 40.2 Å². The van der Waals surface area contributed by atoms with Gasteiger partial charge in [0, 0.05) is 23.3 Å². The van der Waals surface area contributed by atoms with Crippen LogP contribution in [0.5, 0.6) is 11.5 Å². The summed E-state index contributed by atoms with van der Waals surface area (Å²) in [6, 6.07) is 14.3. The highest BCUT2D eigenvalue weighted by Crippen LogP contribution is 2.28. The van der Waals surface area contributed by atoms with Crippen LogP contribution in [0.2, 0.25) is 0 Å². The van der Waals surface area contributed by atoms with Gasteiger partial charge in [0.25, 0.3) is 5.89 Å². The maximum absolute atomic E-state index is 14.0. The third kappa shape index (κ3) is 3.58. The van der Waals surface area contributed by atoms with Crippen LogP contribution >= 0.6 is 0 Å². The number of halogens is 2. The van der Waals surface area contributed by atoms with Crippen molar-refractivity contribution in [1.29, 1.82) is 0 Å². The van der Waals surface area contributed by atoms with Crippen LogP contribution in [-0.4, -0.2) is 26.2 Å². The smallest absolute Gasteiger partial charge is 0.258 e. The normalized spacial score (nSPS) is 15.2. The minimum Gasteiger partial charge on any atom is -0.508 e. The van der Waals surface area contributed by atoms with Crippen LogP contribution in [0, 0.1) is 11.6 Å². The molecule has 1 atom stereocenters. The second-order valence-electron chi connectivity index (χ2n) is 6.94. The van der Waals surface area contributed by atoms with Crippen molar-refractivity contribution in [2.45, 2.75) is 6.23 Å². The van der Waals surface area contributed by atoms with Crippen LogP contribution in [-0.2, 0) is 4.84 Å². The monoisotopic (exact) mass is 436 g/mol. The highest BCUT2D eigenvalue weighted by Gasteiger charge is 2.25. The van der Waals surface area contributed by atoms with Gasteiger partial charge in [0.15, 0.2) is 5.84 Å². The van der Waals surface area contributed by atoms with Gasteiger partial charge in [-0.2, -0.15) is 4.98 Å². The first-order valence-electron chi connectivity index (χ1n) is 9.40. The van der Waals surface area contributed by atoms with E-state index in [1.165, 1.54) is 24.3 Å². The van der Waals surface area contributed by atoms with Crippen LogP contribution in [0.4, 0.5) is 8.78 Å². The number of nitrogens with one attached hydrogen (secondary N) is 1. The Labute approximate surface area is 179 Å². The van der Waals surface area contributed by atoms with E-state index in [1.54, 1.807) is 24.3 Å². The van der Waals surface area contributed by atoms with Gasteiger partial charge in [-0.25, -0.2) is 8.78 Å². The summed E-state index contributed by atoms with van der Waals surface area (Å²) in [5.41, 5.74) is 1.57. The molecule has 32 heavy (non-hydrogen) atoms. The van der Waals surface area contributed by atoms with Crippen LogP contribution in [0.1, 0.15) is 17.4 Å². The maximum atomic E-state index is 14.0. The number of oxime groups is 1. The molecule has 1 aromatic heterocycles. The Kier molecular flexibility index (Phi) is 4.66. The first kappa shape index (κ1) is 19.5. The average molecular weight is 436 g/mol. The summed E-state index contributed by atoms with van der Waals surface area (Å²) >= 11 is 0. The largest absolute Gasteiger partial charge is 0.508 e. The van der Waals surface area contributed by atoms with Gasteiger partial charge < -0.3 is 24.9 Å². The molecule has 0 saturated heterocycles. The zero-order valence-corrected chi connectivity index (χ0v) is 16.2. The highest BCUT2D eigenvalue weighted by atomic mass is 19.1. The molecule has 1 aliphatic heterocycles. The summed E-state index contributed by atoms with van der Waals surface area (Å²) in [7, 11) is 0. The lowest BCUT2D eigenvalue weighted by molar-refractivity contribution is 0.0729. The summed E-state index contributed by atoms with van der Waals surface area (Å²) in [6.45, 7) is 0. The summed E-state index contributed by atoms with van der Waals surface area (Å²) < 4.78 is 33.3. The second-order valence-corrected chi connectivity index (χ2v) is 6.94. The predicted molar refractivity (Wildman–Crippen MR) is 108 cm³/mol. The topological polar surface area (TPSA) is 113 Å². The molecule has 5 rings (SSSR count). The van der Waals surface area contributed by atoms with Gasteiger partial charge in [-0.3, -0.25) is 0 Å². The van der Waals surface area contributed by atoms with Crippen molar-refractivity contribution in [2.75, 3.05) is 0 Å². The Morgan fingerprint density at radius 1 is 0.844 bits per heavy atom. The quantitative estimate of drug-likeness (QED) is 0.442. The molecule has 4 aromatic rings. The fourth-order valence-electron chi connectivity index (χ4n) is 3.19. The number of phenolic OH excluding ortho intramolecular Hbond substituents is 2. The molecular formula is C22H14F2N4O4. The third-order valence-corrected chi connectivity index (χ3v) is 4.80. The number of aromatic nitrogens is 2. The number of benzene rings is 3. The van der Waals surface area contributed by atoms with Crippen LogP contribution in [0.25, 0.3) is 22.8 Å². The Bertz CT molecular complexity index is 1340. The van der Waals surface area contributed by atoms with E-state index in [2.05, 4.69) is 20.6 Å². The van der Waals surface area contributed by atoms with E-state index in [9.17, 15) is 19.0 Å². The second kappa shape index (κ2) is 7.65. The molecule has 0 amide bonds. The molecule has 3 aromatic carbocycles. The lowest BCUT2D eigenvalue weighted by Crippen LogP contribution is -2.24. The molecule has 2 heterocycles. The van der Waals surface area contributed by atoms with Crippen molar-refractivity contribution in [2.24, 2.45) is 5.16 Å². The maximum Gasteiger partial charge on any atom is 0.258 e. The standard InChI is InChI=1S/C22H14F2N4O4/c23-17-9-13(29)5-7-15(17)19-25-21(31-27-19)11-1-2-12(4-3-11)22-26-20(28-32-22)16-8-6-14(30)10-18(16)24/h1-10,21,29-30H,(H,25,27). The van der Waals surface area contributed by atoms with Crippen molar-refractivity contribution in [3.05, 3.63) is 83.4 Å². The zero-order valence-electron chi connectivity index (χ0n) is 16.2. The van der Waals surface area contributed by atoms with Crippen molar-refractivity contribution >= 4 is 5.84 Å². The molecule has 1 aliphatic rings. The summed E-state index contributed by atoms with van der Waals surface area (Å²) in [5.74, 6) is -1.25. The number of phenols is 2. The number of hydrogen-bond acceptors (Lipinski definition) is 8. The molecular weight excluding hydrogens is 422 g/mol. The predicted octanol–water partition coefficient (Wildman–Crippen LogP) is 4.07. The minimum atomic E-state index is -0.668. The summed E-state index contributed by atoms with van der Waals surface area (Å²) in [5, 5.41) is 29.3. The lowest BCUT2D eigenvalue weighted by Gasteiger charge is -2.11. The van der Waals surface area contributed by atoms with Gasteiger partial charge in [0.05, 0.1) is 11.1 Å². The fourth-order valence-corrected chi connectivity index (χ4v) is 3.19. The highest BCUT2D eigenvalue weighted by molar-refractivity contribution is 5.99. The van der Waals surface area contributed by atoms with Gasteiger partial charge in [0.1, 0.15) is 23.1 Å². The molecule has 0 aliphatic carbocycles. The average Bonchev–Trinajstić information content (AvgIpc) is 3.44. The Balaban J connectivity index is 1.32. The van der Waals surface area contributed by atoms with E-state index in [0.29, 0.717) is 11.1 Å². The van der Waals surface area contributed by atoms with Crippen molar-refractivity contribution in [3.63, 3.8) is 0 Å². The van der Waals surface area contributed by atoms with Crippen LogP contribution in [0.15, 0.2) is 70.3 Å². The SMILES string of the molecule is Oc1ccc(C2=NOC(c3ccc(-c4nc(-c5ccc(O)cc5F)no4)cc3)N2)c(F)c1. The first-order valence-corrected chi connectivity index (χ1v) is 9.40. The minimum absolute atomic E-state index is 0.0522. The number of rotatable bonds is 4. The fraction of sp³-hybridized carbons (Fsp3) is 0.0455. The van der Waals surface area contributed by atoms with Crippen molar-refractivity contribution in [3.8, 4) is 34.3 Å². The molecule has 0 fully saturated rings. The molecule has 8 nitrogen and oxygen atoms in total. The molecule has 1 unspecified atom stereocenters. The van der Waals surface area contributed by atoms with Gasteiger partial charge in [-0.15, -0.1) is 0 Å². The van der Waals surface area contributed by atoms with Gasteiger partial charge >= 0.3 is 0 Å². The van der Waals surface area contributed by atoms with E-state index in [0.717, 1.165) is 12.1 Å². The van der Waals surface area contributed by atoms with Crippen LogP contribution in [0.3, 0.4) is 0 Å². The molecule has 160 valence electrons. The van der Waals surface area contributed by atoms with Gasteiger partial charge in [-0.05, 0) is 36.4 Å². The van der Waals surface area contributed by atoms with Crippen LogP contribution < -0.4 is 5.32 Å². The van der Waals surface area contributed by atoms with E-state index < -0.39 is 17.9 Å². The number of amidine groups is 1. The van der Waals surface area contributed by atoms with Gasteiger partial charge in [0.2, 0.25) is 12.1 Å². The third-order valence-electron chi connectivity index (χ3n) is 4.80. The Morgan fingerprint density at radius 3 is 2.16 bits per heavy atom. The lowest BCUT2D eigenvalue weighted by atomic mass is 10.1. The Morgan fingerprint density at radius 2 is 1.50 bits per heavy atom. The zero-order chi connectivity index (χ0) is 22.2.